The topological polar surface area (TPSA) is 85.8 Å². The van der Waals surface area contributed by atoms with Gasteiger partial charge in [-0.15, -0.1) is 11.8 Å². The summed E-state index contributed by atoms with van der Waals surface area (Å²) >= 11 is 1.66. The number of amides is 3. The fraction of sp³-hybridized carbons (Fsp3) is 0.450. The van der Waals surface area contributed by atoms with Crippen molar-refractivity contribution < 1.29 is 23.5 Å². The molecule has 3 amide bonds. The van der Waals surface area contributed by atoms with E-state index in [-0.39, 0.29) is 40.3 Å². The van der Waals surface area contributed by atoms with E-state index in [2.05, 4.69) is 36.3 Å². The fourth-order valence-corrected chi connectivity index (χ4v) is 9.40. The standard InChI is InChI=1S/C40H46FN5O3S.FH/c1-4-40-20-23-46(33-14-7-6-12-30(33)32(40)25-50-34(24-40)38(49)45(5-2)29-17-18-29)37(48)27-10-8-11-28(16-15-27)43-36(47)31-13-9-21-42-35(31)44-22-19-39(3,41)26-44;/h6-9,11-16,21,24,29,32H,4-5,10,17-20,22-23,25-26H2,1-3H3,(H,43,47);1H. The Balaban J connectivity index is 0.00000448. The van der Waals surface area contributed by atoms with E-state index in [4.69, 9.17) is 0 Å². The van der Waals surface area contributed by atoms with Crippen LogP contribution < -0.4 is 15.1 Å². The molecule has 0 spiro atoms. The van der Waals surface area contributed by atoms with Gasteiger partial charge in [0, 0.05) is 66.9 Å². The van der Waals surface area contributed by atoms with Crippen LogP contribution in [-0.2, 0) is 9.59 Å². The zero-order chi connectivity index (χ0) is 35.0. The molecule has 2 aromatic rings. The van der Waals surface area contributed by atoms with Crippen LogP contribution in [0.2, 0.25) is 0 Å². The molecular formula is C40H47F2N5O3S. The first-order valence-electron chi connectivity index (χ1n) is 18.0. The number of carbonyl (C=O) groups is 3. The van der Waals surface area contributed by atoms with Gasteiger partial charge in [0.15, 0.2) is 0 Å². The van der Waals surface area contributed by atoms with Crippen LogP contribution >= 0.6 is 11.8 Å². The van der Waals surface area contributed by atoms with Crippen LogP contribution in [0.3, 0.4) is 0 Å². The van der Waals surface area contributed by atoms with Crippen LogP contribution in [0.15, 0.2) is 89.2 Å². The van der Waals surface area contributed by atoms with Gasteiger partial charge in [-0.3, -0.25) is 19.1 Å². The van der Waals surface area contributed by atoms with Crippen LogP contribution in [0.4, 0.5) is 20.6 Å². The first-order valence-corrected chi connectivity index (χ1v) is 19.0. The predicted molar refractivity (Wildman–Crippen MR) is 200 cm³/mol. The lowest BCUT2D eigenvalue weighted by atomic mass is 9.68. The Bertz CT molecular complexity index is 1820. The van der Waals surface area contributed by atoms with Gasteiger partial charge < -0.3 is 20.0 Å². The molecule has 3 atom stereocenters. The van der Waals surface area contributed by atoms with Crippen LogP contribution in [0.5, 0.6) is 0 Å². The molecule has 8 nitrogen and oxygen atoms in total. The lowest BCUT2D eigenvalue weighted by molar-refractivity contribution is -0.126. The van der Waals surface area contributed by atoms with Crippen LogP contribution in [0.1, 0.15) is 81.1 Å². The minimum atomic E-state index is -1.32. The highest BCUT2D eigenvalue weighted by molar-refractivity contribution is 8.04. The Morgan fingerprint density at radius 2 is 1.88 bits per heavy atom. The first-order chi connectivity index (χ1) is 24.1. The predicted octanol–water partition coefficient (Wildman–Crippen LogP) is 7.23. The highest BCUT2D eigenvalue weighted by atomic mass is 32.2. The maximum absolute atomic E-state index is 14.6. The van der Waals surface area contributed by atoms with Crippen LogP contribution in [0, 0.1) is 5.41 Å². The van der Waals surface area contributed by atoms with Crippen molar-refractivity contribution in [1.82, 2.24) is 15.2 Å². The van der Waals surface area contributed by atoms with Gasteiger partial charge in [0.25, 0.3) is 17.7 Å². The molecule has 1 saturated heterocycles. The third-order valence-electron chi connectivity index (χ3n) is 11.0. The molecule has 0 bridgehead atoms. The SMILES string of the molecule is CCN(C(=O)C1=CC2(CC)CCN(C(=O)C3=CC=C(NC(=O)c4cccnc4N4CCC(C)(F)C4)C=CC3)c3ccccc3C2CS1)C1CC1.F. The summed E-state index contributed by atoms with van der Waals surface area (Å²) in [6, 6.07) is 12.0. The first kappa shape index (κ1) is 36.5. The van der Waals surface area contributed by atoms with Gasteiger partial charge in [-0.1, -0.05) is 43.4 Å². The average Bonchev–Trinajstić information content (AvgIpc) is 3.95. The number of fused-ring (bicyclic) bond motifs is 3. The number of likely N-dealkylation sites (N-methyl/N-ethyl adjacent to an activating group) is 1. The lowest BCUT2D eigenvalue weighted by Crippen LogP contribution is -2.38. The number of thioether (sulfide) groups is 1. The molecule has 5 aliphatic rings. The summed E-state index contributed by atoms with van der Waals surface area (Å²) < 4.78 is 14.6. The Labute approximate surface area is 303 Å². The molecule has 51 heavy (non-hydrogen) atoms. The number of hydrogen-bond donors (Lipinski definition) is 1. The summed E-state index contributed by atoms with van der Waals surface area (Å²) in [7, 11) is 0. The second-order valence-electron chi connectivity index (χ2n) is 14.4. The van der Waals surface area contributed by atoms with Gasteiger partial charge in [-0.05, 0) is 87.3 Å². The number of nitrogens with zero attached hydrogens (tertiary/aromatic N) is 4. The number of pyridine rings is 1. The number of para-hydroxylation sites is 1. The van der Waals surface area contributed by atoms with Gasteiger partial charge >= 0.3 is 0 Å². The van der Waals surface area contributed by atoms with Gasteiger partial charge in [0.1, 0.15) is 11.5 Å². The number of alkyl halides is 1. The van der Waals surface area contributed by atoms with Crippen molar-refractivity contribution in [1.29, 1.82) is 0 Å². The fourth-order valence-electron chi connectivity index (χ4n) is 7.98. The second-order valence-corrected chi connectivity index (χ2v) is 15.4. The van der Waals surface area contributed by atoms with E-state index in [1.165, 1.54) is 0 Å². The summed E-state index contributed by atoms with van der Waals surface area (Å²) in [5.41, 5.74) is 2.09. The number of aromatic nitrogens is 1. The zero-order valence-electron chi connectivity index (χ0n) is 29.6. The Morgan fingerprint density at radius 1 is 1.08 bits per heavy atom. The second kappa shape index (κ2) is 14.8. The van der Waals surface area contributed by atoms with Crippen molar-refractivity contribution in [3.63, 3.8) is 0 Å². The monoisotopic (exact) mass is 715 g/mol. The maximum atomic E-state index is 14.6. The zero-order valence-corrected chi connectivity index (χ0v) is 30.4. The van der Waals surface area contributed by atoms with Crippen molar-refractivity contribution >= 4 is 41.0 Å². The van der Waals surface area contributed by atoms with E-state index in [9.17, 15) is 18.8 Å². The lowest BCUT2D eigenvalue weighted by Gasteiger charge is -2.41. The van der Waals surface area contributed by atoms with Crippen molar-refractivity contribution in [2.24, 2.45) is 5.41 Å². The quantitative estimate of drug-likeness (QED) is 0.311. The molecule has 7 rings (SSSR count). The number of halogens is 2. The molecule has 3 aliphatic heterocycles. The Morgan fingerprint density at radius 3 is 2.61 bits per heavy atom. The highest BCUT2D eigenvalue weighted by Gasteiger charge is 2.46. The summed E-state index contributed by atoms with van der Waals surface area (Å²) in [6.45, 7) is 7.78. The number of hydrogen-bond acceptors (Lipinski definition) is 6. The van der Waals surface area contributed by atoms with E-state index >= 15 is 0 Å². The van der Waals surface area contributed by atoms with Crippen molar-refractivity contribution in [2.45, 2.75) is 76.9 Å². The largest absolute Gasteiger partial charge is 0.353 e. The van der Waals surface area contributed by atoms with Crippen molar-refractivity contribution in [2.75, 3.05) is 41.7 Å². The maximum Gasteiger partial charge on any atom is 0.260 e. The van der Waals surface area contributed by atoms with Crippen LogP contribution in [-0.4, -0.2) is 71.2 Å². The molecule has 2 fully saturated rings. The number of carbonyl (C=O) groups excluding carboxylic acids is 3. The number of rotatable bonds is 8. The summed E-state index contributed by atoms with van der Waals surface area (Å²) in [4.78, 5) is 52.6. The molecule has 1 aromatic heterocycles. The molecule has 270 valence electrons. The van der Waals surface area contributed by atoms with E-state index in [1.54, 1.807) is 49.2 Å². The molecular weight excluding hydrogens is 669 g/mol. The minimum absolute atomic E-state index is 0. The number of benzene rings is 1. The molecule has 4 heterocycles. The Hall–Kier alpha value is -4.25. The van der Waals surface area contributed by atoms with E-state index in [0.29, 0.717) is 54.6 Å². The number of allylic oxidation sites excluding steroid dienone is 5. The highest BCUT2D eigenvalue weighted by Crippen LogP contribution is 2.55. The van der Waals surface area contributed by atoms with Crippen molar-refractivity contribution in [3.8, 4) is 0 Å². The number of nitrogens with one attached hydrogen (secondary N) is 1. The number of anilines is 2. The van der Waals surface area contributed by atoms with Crippen LogP contribution in [0.25, 0.3) is 0 Å². The molecule has 0 radical (unpaired) electrons. The third kappa shape index (κ3) is 7.27. The summed E-state index contributed by atoms with van der Waals surface area (Å²) in [5.74, 6) is 1.20. The molecule has 1 N–H and O–H groups in total. The van der Waals surface area contributed by atoms with Crippen molar-refractivity contribution in [3.05, 3.63) is 100 Å². The van der Waals surface area contributed by atoms with Gasteiger partial charge in [-0.25, -0.2) is 9.37 Å². The summed E-state index contributed by atoms with van der Waals surface area (Å²) in [5, 5.41) is 2.97. The van der Waals surface area contributed by atoms with E-state index in [0.717, 1.165) is 54.1 Å². The van der Waals surface area contributed by atoms with Gasteiger partial charge in [0.2, 0.25) is 0 Å². The normalized spacial score (nSPS) is 25.6. The van der Waals surface area contributed by atoms with Gasteiger partial charge in [0.05, 0.1) is 17.0 Å². The van der Waals surface area contributed by atoms with Gasteiger partial charge in [-0.2, -0.15) is 0 Å². The molecule has 1 aromatic carbocycles. The molecule has 1 saturated carbocycles. The average molecular weight is 716 g/mol. The minimum Gasteiger partial charge on any atom is -0.353 e. The van der Waals surface area contributed by atoms with E-state index < -0.39 is 5.67 Å². The molecule has 11 heteroatoms. The molecule has 2 aliphatic carbocycles. The Kier molecular flexibility index (Phi) is 10.6. The van der Waals surface area contributed by atoms with E-state index in [1.807, 2.05) is 45.1 Å². The smallest absolute Gasteiger partial charge is 0.260 e. The third-order valence-corrected chi connectivity index (χ3v) is 12.1. The molecule has 3 unspecified atom stereocenters. The summed E-state index contributed by atoms with van der Waals surface area (Å²) in [6.07, 6.45) is 15.8.